The van der Waals surface area contributed by atoms with Gasteiger partial charge in [0.25, 0.3) is 0 Å². The van der Waals surface area contributed by atoms with Crippen molar-refractivity contribution < 1.29 is 9.59 Å². The van der Waals surface area contributed by atoms with Crippen molar-refractivity contribution in [2.75, 3.05) is 11.4 Å². The van der Waals surface area contributed by atoms with E-state index in [0.717, 1.165) is 22.0 Å². The monoisotopic (exact) mass is 392 g/mol. The van der Waals surface area contributed by atoms with Crippen LogP contribution in [0.25, 0.3) is 10.6 Å². The molecule has 1 atom stereocenters. The van der Waals surface area contributed by atoms with E-state index in [1.54, 1.807) is 28.6 Å². The molecule has 1 aromatic carbocycles. The number of nitrogens with zero attached hydrogens (tertiary/aromatic N) is 3. The number of pyridine rings is 1. The number of hydrogen-bond donors (Lipinski definition) is 1. The predicted molar refractivity (Wildman–Crippen MR) is 109 cm³/mol. The predicted octanol–water partition coefficient (Wildman–Crippen LogP) is 3.06. The third-order valence-electron chi connectivity index (χ3n) is 4.71. The lowest BCUT2D eigenvalue weighted by molar-refractivity contribution is -0.123. The number of para-hydroxylation sites is 1. The first-order valence-corrected chi connectivity index (χ1v) is 10.1. The molecule has 4 rings (SSSR count). The largest absolute Gasteiger partial charge is 0.354 e. The smallest absolute Gasteiger partial charge is 0.243 e. The molecule has 0 saturated carbocycles. The molecule has 7 heteroatoms. The lowest BCUT2D eigenvalue weighted by Crippen LogP contribution is -2.45. The van der Waals surface area contributed by atoms with Gasteiger partial charge in [-0.1, -0.05) is 18.2 Å². The molecule has 28 heavy (non-hydrogen) atoms. The summed E-state index contributed by atoms with van der Waals surface area (Å²) in [6, 6.07) is 12.8. The highest BCUT2D eigenvalue weighted by Gasteiger charge is 2.36. The van der Waals surface area contributed by atoms with E-state index in [9.17, 15) is 9.59 Å². The summed E-state index contributed by atoms with van der Waals surface area (Å²) >= 11 is 1.58. The fourth-order valence-corrected chi connectivity index (χ4v) is 4.19. The molecule has 1 aliphatic heterocycles. The Labute approximate surface area is 167 Å². The highest BCUT2D eigenvalue weighted by Crippen LogP contribution is 2.26. The molecule has 2 amide bonds. The van der Waals surface area contributed by atoms with Crippen molar-refractivity contribution >= 4 is 28.8 Å². The second-order valence-corrected chi connectivity index (χ2v) is 7.43. The average Bonchev–Trinajstić information content (AvgIpc) is 3.36. The van der Waals surface area contributed by atoms with Gasteiger partial charge in [-0.2, -0.15) is 0 Å². The van der Waals surface area contributed by atoms with Crippen LogP contribution in [-0.4, -0.2) is 34.4 Å². The minimum absolute atomic E-state index is 0.00663. The first-order chi connectivity index (χ1) is 13.7. The second kappa shape index (κ2) is 8.31. The number of anilines is 1. The molecule has 0 radical (unpaired) electrons. The molecule has 1 N–H and O–H groups in total. The fourth-order valence-electron chi connectivity index (χ4n) is 3.32. The Hall–Kier alpha value is -3.06. The summed E-state index contributed by atoms with van der Waals surface area (Å²) in [5.74, 6) is -0.118. The van der Waals surface area contributed by atoms with Crippen LogP contribution in [0.15, 0.2) is 60.2 Å². The van der Waals surface area contributed by atoms with Gasteiger partial charge in [-0.15, -0.1) is 11.3 Å². The number of amides is 2. The summed E-state index contributed by atoms with van der Waals surface area (Å²) in [5, 5.41) is 5.92. The van der Waals surface area contributed by atoms with Crippen LogP contribution in [0.1, 0.15) is 18.5 Å². The Morgan fingerprint density at radius 3 is 2.75 bits per heavy atom. The van der Waals surface area contributed by atoms with E-state index in [-0.39, 0.29) is 11.8 Å². The van der Waals surface area contributed by atoms with Gasteiger partial charge in [0.15, 0.2) is 0 Å². The molecule has 1 unspecified atom stereocenters. The third-order valence-corrected chi connectivity index (χ3v) is 5.65. The van der Waals surface area contributed by atoms with E-state index in [0.29, 0.717) is 25.8 Å². The zero-order valence-corrected chi connectivity index (χ0v) is 16.1. The molecule has 1 fully saturated rings. The maximum atomic E-state index is 12.7. The van der Waals surface area contributed by atoms with Crippen LogP contribution in [-0.2, 0) is 16.0 Å². The van der Waals surface area contributed by atoms with E-state index in [4.69, 9.17) is 0 Å². The molecule has 142 valence electrons. The van der Waals surface area contributed by atoms with E-state index in [2.05, 4.69) is 15.3 Å². The number of rotatable bonds is 6. The Morgan fingerprint density at radius 1 is 1.18 bits per heavy atom. The summed E-state index contributed by atoms with van der Waals surface area (Å²) in [6.45, 7) is 0.492. The molecular weight excluding hydrogens is 372 g/mol. The molecule has 0 spiro atoms. The lowest BCUT2D eigenvalue weighted by atomic mass is 10.2. The third kappa shape index (κ3) is 3.94. The zero-order chi connectivity index (χ0) is 19.3. The Balaban J connectivity index is 1.34. The van der Waals surface area contributed by atoms with Crippen LogP contribution in [0.4, 0.5) is 5.69 Å². The first kappa shape index (κ1) is 18.3. The number of carbonyl (C=O) groups excluding carboxylic acids is 2. The van der Waals surface area contributed by atoms with Crippen molar-refractivity contribution in [1.29, 1.82) is 0 Å². The molecule has 3 heterocycles. The summed E-state index contributed by atoms with van der Waals surface area (Å²) in [5.41, 5.74) is 2.75. The Bertz CT molecular complexity index is 959. The minimum Gasteiger partial charge on any atom is -0.354 e. The lowest BCUT2D eigenvalue weighted by Gasteiger charge is -2.24. The number of nitrogens with one attached hydrogen (secondary N) is 1. The van der Waals surface area contributed by atoms with Crippen LogP contribution in [0.5, 0.6) is 0 Å². The van der Waals surface area contributed by atoms with Gasteiger partial charge in [0, 0.05) is 48.4 Å². The topological polar surface area (TPSA) is 75.2 Å². The average molecular weight is 392 g/mol. The summed E-state index contributed by atoms with van der Waals surface area (Å²) in [7, 11) is 0. The van der Waals surface area contributed by atoms with Gasteiger partial charge in [0.1, 0.15) is 11.0 Å². The van der Waals surface area contributed by atoms with Crippen molar-refractivity contribution in [3.63, 3.8) is 0 Å². The van der Waals surface area contributed by atoms with Gasteiger partial charge >= 0.3 is 0 Å². The van der Waals surface area contributed by atoms with Crippen molar-refractivity contribution in [2.24, 2.45) is 0 Å². The molecule has 6 nitrogen and oxygen atoms in total. The van der Waals surface area contributed by atoms with Crippen LogP contribution >= 0.6 is 11.3 Å². The summed E-state index contributed by atoms with van der Waals surface area (Å²) < 4.78 is 0. The number of aromatic nitrogens is 2. The van der Waals surface area contributed by atoms with Gasteiger partial charge in [-0.05, 0) is 30.7 Å². The van der Waals surface area contributed by atoms with E-state index in [1.165, 1.54) is 0 Å². The van der Waals surface area contributed by atoms with E-state index >= 15 is 0 Å². The maximum Gasteiger partial charge on any atom is 0.243 e. The van der Waals surface area contributed by atoms with Crippen molar-refractivity contribution in [2.45, 2.75) is 25.3 Å². The molecule has 1 aliphatic rings. The number of carbonyl (C=O) groups is 2. The number of thiazole rings is 1. The fraction of sp³-hybridized carbons (Fsp3) is 0.238. The molecule has 0 bridgehead atoms. The van der Waals surface area contributed by atoms with Crippen LogP contribution in [0, 0.1) is 0 Å². The molecule has 3 aromatic rings. The number of hydrogen-bond acceptors (Lipinski definition) is 5. The van der Waals surface area contributed by atoms with Gasteiger partial charge in [0.2, 0.25) is 11.8 Å². The quantitative estimate of drug-likeness (QED) is 0.700. The Morgan fingerprint density at radius 2 is 1.96 bits per heavy atom. The second-order valence-electron chi connectivity index (χ2n) is 6.57. The highest BCUT2D eigenvalue weighted by atomic mass is 32.1. The molecular formula is C21H20N4O2S. The van der Waals surface area contributed by atoms with Crippen LogP contribution in [0.3, 0.4) is 0 Å². The zero-order valence-electron chi connectivity index (χ0n) is 15.2. The van der Waals surface area contributed by atoms with Crippen molar-refractivity contribution in [3.05, 3.63) is 65.9 Å². The minimum atomic E-state index is -0.447. The van der Waals surface area contributed by atoms with E-state index < -0.39 is 6.04 Å². The summed E-state index contributed by atoms with van der Waals surface area (Å²) in [6.07, 6.45) is 5.09. The van der Waals surface area contributed by atoms with Crippen molar-refractivity contribution in [3.8, 4) is 10.6 Å². The molecule has 1 saturated heterocycles. The Kier molecular flexibility index (Phi) is 5.43. The van der Waals surface area contributed by atoms with Gasteiger partial charge in [-0.25, -0.2) is 4.98 Å². The standard InChI is InChI=1S/C21H20N4O2S/c26-19-7-6-18(25(19)17-4-2-1-3-5-17)20(27)23-13-10-16-14-28-21(24-16)15-8-11-22-12-9-15/h1-5,8-9,11-12,14,18H,6-7,10,13H2,(H,23,27). The van der Waals surface area contributed by atoms with E-state index in [1.807, 2.05) is 47.8 Å². The molecule has 2 aromatic heterocycles. The van der Waals surface area contributed by atoms with Gasteiger partial charge in [0.05, 0.1) is 5.69 Å². The first-order valence-electron chi connectivity index (χ1n) is 9.22. The highest BCUT2D eigenvalue weighted by molar-refractivity contribution is 7.13. The number of benzene rings is 1. The normalized spacial score (nSPS) is 16.4. The van der Waals surface area contributed by atoms with Crippen LogP contribution < -0.4 is 10.2 Å². The maximum absolute atomic E-state index is 12.7. The van der Waals surface area contributed by atoms with Crippen LogP contribution in [0.2, 0.25) is 0 Å². The SMILES string of the molecule is O=C(NCCc1csc(-c2ccncc2)n1)C1CCC(=O)N1c1ccccc1. The van der Waals surface area contributed by atoms with Gasteiger partial charge < -0.3 is 5.32 Å². The molecule has 0 aliphatic carbocycles. The summed E-state index contributed by atoms with van der Waals surface area (Å²) in [4.78, 5) is 35.2. The van der Waals surface area contributed by atoms with Gasteiger partial charge in [-0.3, -0.25) is 19.5 Å². The van der Waals surface area contributed by atoms with Crippen molar-refractivity contribution in [1.82, 2.24) is 15.3 Å².